The molecular formula is C16H21NO4. The molecule has 21 heavy (non-hydrogen) atoms. The van der Waals surface area contributed by atoms with Crippen LogP contribution in [0, 0.1) is 0 Å². The number of hydrogen-bond acceptors (Lipinski definition) is 4. The van der Waals surface area contributed by atoms with Crippen molar-refractivity contribution in [2.75, 3.05) is 14.2 Å². The maximum Gasteiger partial charge on any atom is 0.335 e. The molecule has 5 heteroatoms. The Morgan fingerprint density at radius 3 is 2.48 bits per heavy atom. The number of aromatic carboxylic acids is 1. The van der Waals surface area contributed by atoms with Gasteiger partial charge < -0.3 is 19.5 Å². The monoisotopic (exact) mass is 291 g/mol. The van der Waals surface area contributed by atoms with Gasteiger partial charge in [-0.05, 0) is 50.9 Å². The third kappa shape index (κ3) is 2.70. The minimum atomic E-state index is -0.953. The number of carboxylic acids is 1. The molecule has 2 saturated heterocycles. The van der Waals surface area contributed by atoms with Crippen LogP contribution in [-0.2, 0) is 0 Å². The summed E-state index contributed by atoms with van der Waals surface area (Å²) in [5, 5.41) is 9.10. The molecule has 0 aromatic heterocycles. The Balaban J connectivity index is 1.78. The number of carbonyl (C=O) groups is 1. The highest BCUT2D eigenvalue weighted by Crippen LogP contribution is 2.38. The molecule has 3 rings (SSSR count). The van der Waals surface area contributed by atoms with Crippen LogP contribution in [0.3, 0.4) is 0 Å². The van der Waals surface area contributed by atoms with E-state index in [1.165, 1.54) is 18.9 Å². The van der Waals surface area contributed by atoms with Gasteiger partial charge in [-0.2, -0.15) is 0 Å². The van der Waals surface area contributed by atoms with Crippen LogP contribution in [-0.4, -0.2) is 48.3 Å². The second-order valence-electron chi connectivity index (χ2n) is 5.93. The van der Waals surface area contributed by atoms with Gasteiger partial charge in [-0.3, -0.25) is 0 Å². The van der Waals surface area contributed by atoms with E-state index in [0.29, 0.717) is 23.6 Å². The maximum atomic E-state index is 11.1. The number of piperidine rings is 1. The molecule has 0 aliphatic carbocycles. The second-order valence-corrected chi connectivity index (χ2v) is 5.93. The van der Waals surface area contributed by atoms with Gasteiger partial charge in [0.25, 0.3) is 0 Å². The third-order valence-electron chi connectivity index (χ3n) is 4.76. The van der Waals surface area contributed by atoms with E-state index in [1.54, 1.807) is 19.2 Å². The van der Waals surface area contributed by atoms with Crippen LogP contribution in [0.1, 0.15) is 36.0 Å². The molecule has 2 bridgehead atoms. The number of benzene rings is 1. The van der Waals surface area contributed by atoms with E-state index in [0.717, 1.165) is 12.8 Å². The molecule has 2 heterocycles. The lowest BCUT2D eigenvalue weighted by Crippen LogP contribution is -2.43. The van der Waals surface area contributed by atoms with E-state index in [-0.39, 0.29) is 11.7 Å². The Morgan fingerprint density at radius 1 is 1.24 bits per heavy atom. The van der Waals surface area contributed by atoms with Gasteiger partial charge in [-0.15, -0.1) is 0 Å². The zero-order valence-corrected chi connectivity index (χ0v) is 12.4. The van der Waals surface area contributed by atoms with E-state index in [4.69, 9.17) is 14.6 Å². The zero-order valence-electron chi connectivity index (χ0n) is 12.4. The van der Waals surface area contributed by atoms with Crippen molar-refractivity contribution in [1.82, 2.24) is 4.90 Å². The van der Waals surface area contributed by atoms with Crippen LogP contribution in [0.5, 0.6) is 11.5 Å². The summed E-state index contributed by atoms with van der Waals surface area (Å²) in [5.41, 5.74) is 0.224. The molecule has 1 aromatic carbocycles. The zero-order chi connectivity index (χ0) is 15.0. The number of nitrogens with zero attached hydrogens (tertiary/aromatic N) is 1. The summed E-state index contributed by atoms with van der Waals surface area (Å²) in [6.45, 7) is 0. The largest absolute Gasteiger partial charge is 0.493 e. The summed E-state index contributed by atoms with van der Waals surface area (Å²) >= 11 is 0. The highest BCUT2D eigenvalue weighted by Gasteiger charge is 2.39. The van der Waals surface area contributed by atoms with Gasteiger partial charge in [0, 0.05) is 12.1 Å². The fourth-order valence-electron chi connectivity index (χ4n) is 3.54. The van der Waals surface area contributed by atoms with Crippen LogP contribution in [0.4, 0.5) is 0 Å². The van der Waals surface area contributed by atoms with Crippen LogP contribution in [0.15, 0.2) is 18.2 Å². The molecule has 2 atom stereocenters. The average Bonchev–Trinajstić information content (AvgIpc) is 2.69. The first kappa shape index (κ1) is 14.2. The number of methoxy groups -OCH3 is 1. The Labute approximate surface area is 124 Å². The lowest BCUT2D eigenvalue weighted by molar-refractivity contribution is 0.0633. The number of fused-ring (bicyclic) bond motifs is 2. The lowest BCUT2D eigenvalue weighted by Gasteiger charge is -2.36. The summed E-state index contributed by atoms with van der Waals surface area (Å²) in [7, 11) is 3.76. The van der Waals surface area contributed by atoms with Crippen molar-refractivity contribution in [3.8, 4) is 11.5 Å². The normalized spacial score (nSPS) is 28.4. The van der Waals surface area contributed by atoms with Gasteiger partial charge in [0.15, 0.2) is 11.5 Å². The molecule has 0 radical (unpaired) electrons. The number of carboxylic acid groups (broad SMARTS) is 1. The molecule has 2 unspecified atom stereocenters. The molecule has 1 N–H and O–H groups in total. The Kier molecular flexibility index (Phi) is 3.76. The molecule has 0 saturated carbocycles. The van der Waals surface area contributed by atoms with Crippen molar-refractivity contribution in [2.45, 2.75) is 43.9 Å². The highest BCUT2D eigenvalue weighted by molar-refractivity contribution is 5.88. The molecule has 2 aliphatic heterocycles. The van der Waals surface area contributed by atoms with Crippen molar-refractivity contribution in [3.05, 3.63) is 23.8 Å². The quantitative estimate of drug-likeness (QED) is 0.923. The predicted molar refractivity (Wildman–Crippen MR) is 78.2 cm³/mol. The summed E-state index contributed by atoms with van der Waals surface area (Å²) in [6.07, 6.45) is 4.58. The van der Waals surface area contributed by atoms with Crippen LogP contribution < -0.4 is 9.47 Å². The first-order chi connectivity index (χ1) is 10.1. The van der Waals surface area contributed by atoms with Crippen molar-refractivity contribution < 1.29 is 19.4 Å². The summed E-state index contributed by atoms with van der Waals surface area (Å²) in [4.78, 5) is 13.5. The molecule has 0 amide bonds. The number of ether oxygens (including phenoxy) is 2. The average molecular weight is 291 g/mol. The molecule has 2 fully saturated rings. The smallest absolute Gasteiger partial charge is 0.335 e. The second kappa shape index (κ2) is 5.56. The third-order valence-corrected chi connectivity index (χ3v) is 4.76. The van der Waals surface area contributed by atoms with Crippen LogP contribution in [0.2, 0.25) is 0 Å². The van der Waals surface area contributed by atoms with Crippen molar-refractivity contribution in [1.29, 1.82) is 0 Å². The van der Waals surface area contributed by atoms with Crippen LogP contribution in [0.25, 0.3) is 0 Å². The van der Waals surface area contributed by atoms with E-state index in [1.807, 2.05) is 0 Å². The summed E-state index contributed by atoms with van der Waals surface area (Å²) in [5.74, 6) is 0.170. The van der Waals surface area contributed by atoms with Crippen molar-refractivity contribution >= 4 is 5.97 Å². The minimum Gasteiger partial charge on any atom is -0.493 e. The maximum absolute atomic E-state index is 11.1. The molecule has 5 nitrogen and oxygen atoms in total. The van der Waals surface area contributed by atoms with Gasteiger partial charge in [0.2, 0.25) is 0 Å². The molecular weight excluding hydrogens is 270 g/mol. The Bertz CT molecular complexity index is 531. The first-order valence-electron chi connectivity index (χ1n) is 7.38. The molecule has 114 valence electrons. The van der Waals surface area contributed by atoms with E-state index < -0.39 is 5.97 Å². The standard InChI is InChI=1S/C16H21NO4/c1-17-11-4-5-12(17)9-13(8-11)21-15-7-10(16(18)19)3-6-14(15)20-2/h3,6-7,11-13H,4-5,8-9H2,1-2H3,(H,18,19). The SMILES string of the molecule is COc1ccc(C(=O)O)cc1OC1CC2CCC(C1)N2C. The lowest BCUT2D eigenvalue weighted by atomic mass is 10.0. The summed E-state index contributed by atoms with van der Waals surface area (Å²) in [6, 6.07) is 5.92. The first-order valence-corrected chi connectivity index (χ1v) is 7.38. The Hall–Kier alpha value is -1.75. The van der Waals surface area contributed by atoms with Gasteiger partial charge in [0.1, 0.15) is 6.10 Å². The van der Waals surface area contributed by atoms with Crippen LogP contribution >= 0.6 is 0 Å². The van der Waals surface area contributed by atoms with Crippen molar-refractivity contribution in [2.24, 2.45) is 0 Å². The number of rotatable bonds is 4. The van der Waals surface area contributed by atoms with Gasteiger partial charge in [0.05, 0.1) is 12.7 Å². The van der Waals surface area contributed by atoms with E-state index in [2.05, 4.69) is 11.9 Å². The predicted octanol–water partition coefficient (Wildman–Crippen LogP) is 2.40. The topological polar surface area (TPSA) is 59.0 Å². The van der Waals surface area contributed by atoms with Gasteiger partial charge >= 0.3 is 5.97 Å². The minimum absolute atomic E-state index is 0.136. The molecule has 1 aromatic rings. The van der Waals surface area contributed by atoms with Gasteiger partial charge in [-0.1, -0.05) is 0 Å². The fourth-order valence-corrected chi connectivity index (χ4v) is 3.54. The van der Waals surface area contributed by atoms with Gasteiger partial charge in [-0.25, -0.2) is 4.79 Å². The molecule has 2 aliphatic rings. The number of hydrogen-bond donors (Lipinski definition) is 1. The highest BCUT2D eigenvalue weighted by atomic mass is 16.5. The van der Waals surface area contributed by atoms with Crippen molar-refractivity contribution in [3.63, 3.8) is 0 Å². The fraction of sp³-hybridized carbons (Fsp3) is 0.562. The summed E-state index contributed by atoms with van der Waals surface area (Å²) < 4.78 is 11.4. The van der Waals surface area contributed by atoms with E-state index in [9.17, 15) is 4.79 Å². The van der Waals surface area contributed by atoms with E-state index >= 15 is 0 Å². The Morgan fingerprint density at radius 2 is 1.90 bits per heavy atom. The molecule has 0 spiro atoms.